The first-order chi connectivity index (χ1) is 21.7. The van der Waals surface area contributed by atoms with Crippen molar-refractivity contribution in [1.82, 2.24) is 29.7 Å². The largest absolute Gasteiger partial charge is 0.465 e. The number of methoxy groups -OCH3 is 4. The average molecular weight is 679 g/mol. The molecule has 4 aromatic heterocycles. The van der Waals surface area contributed by atoms with Gasteiger partial charge < -0.3 is 39.4 Å². The molecule has 0 aromatic carbocycles. The maximum absolute atomic E-state index is 12.0. The molecule has 4 aromatic rings. The zero-order valence-corrected chi connectivity index (χ0v) is 29.8. The number of fused-ring (bicyclic) bond motifs is 2. The molecule has 0 saturated carbocycles. The van der Waals surface area contributed by atoms with Gasteiger partial charge in [-0.3, -0.25) is 4.90 Å². The molecule has 0 spiro atoms. The van der Waals surface area contributed by atoms with Gasteiger partial charge in [0.1, 0.15) is 49.4 Å². The zero-order chi connectivity index (χ0) is 34.7. The van der Waals surface area contributed by atoms with Crippen molar-refractivity contribution in [2.45, 2.75) is 6.41 Å². The molecular formula is C28H42N10O6S2. The Labute approximate surface area is 276 Å². The van der Waals surface area contributed by atoms with Crippen LogP contribution in [0.1, 0.15) is 19.3 Å². The molecule has 0 radical (unpaired) electrons. The van der Waals surface area contributed by atoms with Gasteiger partial charge in [-0.05, 0) is 14.1 Å². The first-order valence-corrected chi connectivity index (χ1v) is 15.1. The van der Waals surface area contributed by atoms with Crippen molar-refractivity contribution in [3.05, 3.63) is 22.4 Å². The highest BCUT2D eigenvalue weighted by molar-refractivity contribution is 7.21. The van der Waals surface area contributed by atoms with E-state index in [4.69, 9.17) is 19.9 Å². The Morgan fingerprint density at radius 3 is 1.63 bits per heavy atom. The van der Waals surface area contributed by atoms with Crippen molar-refractivity contribution in [3.8, 4) is 0 Å². The average Bonchev–Trinajstić information content (AvgIpc) is 3.57. The van der Waals surface area contributed by atoms with E-state index < -0.39 is 11.9 Å². The maximum atomic E-state index is 12.0. The van der Waals surface area contributed by atoms with Crippen molar-refractivity contribution in [1.29, 1.82) is 0 Å². The van der Waals surface area contributed by atoms with Gasteiger partial charge in [0.2, 0.25) is 6.41 Å². The Balaban J connectivity index is 0.000000264. The number of carbonyl (C=O) groups excluding carboxylic acids is 2. The number of rotatable bonds is 9. The van der Waals surface area contributed by atoms with Crippen LogP contribution in [0.4, 0.5) is 23.0 Å². The molecule has 16 nitrogen and oxygen atoms in total. The minimum atomic E-state index is -0.449. The van der Waals surface area contributed by atoms with Gasteiger partial charge in [0.15, 0.2) is 0 Å². The van der Waals surface area contributed by atoms with Gasteiger partial charge in [-0.25, -0.2) is 34.5 Å². The SMILES string of the molecule is COC(=O)c1sc2ncnc(N(C)C)c2c1N.COC(=O)c1sc2ncnc(N(C)C)c2c1N=CN(C)C.COC(OC)N(C)C. The fourth-order valence-electron chi connectivity index (χ4n) is 3.81. The highest BCUT2D eigenvalue weighted by Crippen LogP contribution is 2.41. The fraction of sp³-hybridized carbons (Fsp3) is 0.464. The summed E-state index contributed by atoms with van der Waals surface area (Å²) in [7, 11) is 20.9. The van der Waals surface area contributed by atoms with Gasteiger partial charge >= 0.3 is 11.9 Å². The maximum Gasteiger partial charge on any atom is 0.350 e. The fourth-order valence-corrected chi connectivity index (χ4v) is 5.79. The zero-order valence-electron chi connectivity index (χ0n) is 28.2. The molecule has 0 aliphatic rings. The molecule has 0 fully saturated rings. The predicted molar refractivity (Wildman–Crippen MR) is 184 cm³/mol. The van der Waals surface area contributed by atoms with E-state index >= 15 is 0 Å². The Hall–Kier alpha value is -4.23. The van der Waals surface area contributed by atoms with Crippen LogP contribution < -0.4 is 15.5 Å². The molecule has 0 bridgehead atoms. The molecule has 4 heterocycles. The van der Waals surface area contributed by atoms with Gasteiger partial charge in [-0.15, -0.1) is 22.7 Å². The second-order valence-corrected chi connectivity index (χ2v) is 12.1. The number of ether oxygens (including phenoxy) is 4. The first kappa shape index (κ1) is 38.0. The molecule has 0 aliphatic heterocycles. The van der Waals surface area contributed by atoms with Crippen molar-refractivity contribution < 1.29 is 28.5 Å². The summed E-state index contributed by atoms with van der Waals surface area (Å²) in [6.07, 6.45) is 4.36. The van der Waals surface area contributed by atoms with Crippen LogP contribution in [0.5, 0.6) is 0 Å². The van der Waals surface area contributed by atoms with Crippen molar-refractivity contribution in [2.75, 3.05) is 100 Å². The van der Waals surface area contributed by atoms with Crippen molar-refractivity contribution in [2.24, 2.45) is 4.99 Å². The Bertz CT molecular complexity index is 1630. The summed E-state index contributed by atoms with van der Waals surface area (Å²) in [6.45, 7) is 0. The summed E-state index contributed by atoms with van der Waals surface area (Å²) in [5.74, 6) is 0.542. The van der Waals surface area contributed by atoms with E-state index in [-0.39, 0.29) is 6.41 Å². The first-order valence-electron chi connectivity index (χ1n) is 13.5. The molecular weight excluding hydrogens is 637 g/mol. The third-order valence-corrected chi connectivity index (χ3v) is 7.94. The quantitative estimate of drug-likeness (QED) is 0.118. The number of nitrogens with zero attached hydrogens (tertiary/aromatic N) is 9. The molecule has 4 rings (SSSR count). The molecule has 0 unspecified atom stereocenters. The summed E-state index contributed by atoms with van der Waals surface area (Å²) < 4.78 is 19.2. The van der Waals surface area contributed by atoms with E-state index in [0.29, 0.717) is 42.0 Å². The molecule has 0 aliphatic carbocycles. The lowest BCUT2D eigenvalue weighted by Gasteiger charge is -2.19. The molecule has 18 heteroatoms. The van der Waals surface area contributed by atoms with Crippen LogP contribution in [-0.2, 0) is 18.9 Å². The molecule has 0 amide bonds. The summed E-state index contributed by atoms with van der Waals surface area (Å²) in [4.78, 5) is 54.2. The standard InChI is InChI=1S/C13H17N5O2S.C10H12N4O2S.C5H13NO2/c1-17(2)7-16-9-8-11(18(3)4)14-6-15-12(8)21-10(9)13(19)20-5;1-14(2)8-5-6(11)7(10(15)16-3)17-9(5)13-4-12-8;1-6(2)5(7-3)8-4/h6-7H,1-5H3;4H,11H2,1-3H3;5H,1-4H3. The van der Waals surface area contributed by atoms with Gasteiger partial charge in [-0.1, -0.05) is 0 Å². The van der Waals surface area contributed by atoms with Crippen LogP contribution >= 0.6 is 22.7 Å². The van der Waals surface area contributed by atoms with Gasteiger partial charge in [0, 0.05) is 56.5 Å². The van der Waals surface area contributed by atoms with Crippen molar-refractivity contribution in [3.63, 3.8) is 0 Å². The van der Waals surface area contributed by atoms with Crippen LogP contribution in [0.15, 0.2) is 17.6 Å². The molecule has 0 saturated heterocycles. The Morgan fingerprint density at radius 1 is 0.761 bits per heavy atom. The smallest absolute Gasteiger partial charge is 0.350 e. The van der Waals surface area contributed by atoms with Crippen LogP contribution in [0.25, 0.3) is 20.4 Å². The minimum absolute atomic E-state index is 0.213. The third kappa shape index (κ3) is 9.16. The number of thiophene rings is 2. The number of carbonyl (C=O) groups is 2. The monoisotopic (exact) mass is 678 g/mol. The van der Waals surface area contributed by atoms with Crippen LogP contribution in [0, 0.1) is 0 Å². The lowest BCUT2D eigenvalue weighted by atomic mass is 10.2. The van der Waals surface area contributed by atoms with Crippen LogP contribution in [0.2, 0.25) is 0 Å². The number of esters is 2. The molecule has 2 N–H and O–H groups in total. The number of nitrogen functional groups attached to an aromatic ring is 1. The molecule has 0 atom stereocenters. The second-order valence-electron chi connectivity index (χ2n) is 10.1. The topological polar surface area (TPSA) is 174 Å². The summed E-state index contributed by atoms with van der Waals surface area (Å²) in [5.41, 5.74) is 6.87. The minimum Gasteiger partial charge on any atom is -0.465 e. The Kier molecular flexibility index (Phi) is 14.4. The van der Waals surface area contributed by atoms with E-state index in [9.17, 15) is 9.59 Å². The predicted octanol–water partition coefficient (Wildman–Crippen LogP) is 3.02. The second kappa shape index (κ2) is 17.5. The van der Waals surface area contributed by atoms with Gasteiger partial charge in [0.25, 0.3) is 0 Å². The van der Waals surface area contributed by atoms with Crippen molar-refractivity contribution >= 4 is 84.4 Å². The van der Waals surface area contributed by atoms with E-state index in [1.165, 1.54) is 49.5 Å². The molecule has 252 valence electrons. The highest BCUT2D eigenvalue weighted by Gasteiger charge is 2.23. The summed E-state index contributed by atoms with van der Waals surface area (Å²) >= 11 is 2.47. The van der Waals surface area contributed by atoms with E-state index in [0.717, 1.165) is 11.2 Å². The normalized spacial score (nSPS) is 10.9. The number of hydrogen-bond acceptors (Lipinski definition) is 17. The lowest BCUT2D eigenvalue weighted by Crippen LogP contribution is -2.30. The summed E-state index contributed by atoms with van der Waals surface area (Å²) in [6, 6.07) is 0. The van der Waals surface area contributed by atoms with Crippen LogP contribution in [-0.4, -0.2) is 139 Å². The number of aromatic nitrogens is 4. The van der Waals surface area contributed by atoms with E-state index in [1.54, 1.807) is 25.5 Å². The summed E-state index contributed by atoms with van der Waals surface area (Å²) in [5, 5.41) is 1.45. The highest BCUT2D eigenvalue weighted by atomic mass is 32.1. The lowest BCUT2D eigenvalue weighted by molar-refractivity contribution is -0.179. The number of aliphatic imine (C=N–C) groups is 1. The van der Waals surface area contributed by atoms with E-state index in [1.807, 2.05) is 71.1 Å². The third-order valence-electron chi connectivity index (χ3n) is 5.78. The molecule has 46 heavy (non-hydrogen) atoms. The van der Waals surface area contributed by atoms with Gasteiger partial charge in [-0.2, -0.15) is 0 Å². The number of nitrogens with two attached hydrogens (primary N) is 1. The van der Waals surface area contributed by atoms with E-state index in [2.05, 4.69) is 29.7 Å². The Morgan fingerprint density at radius 2 is 1.22 bits per heavy atom. The number of hydrogen-bond donors (Lipinski definition) is 1. The van der Waals surface area contributed by atoms with Gasteiger partial charge in [0.05, 0.1) is 37.0 Å². The number of anilines is 3. The van der Waals surface area contributed by atoms with Crippen LogP contribution in [0.3, 0.4) is 0 Å².